The van der Waals surface area contributed by atoms with E-state index >= 15 is 0 Å². The average molecular weight is 216 g/mol. The van der Waals surface area contributed by atoms with Gasteiger partial charge in [-0.25, -0.2) is 0 Å². The van der Waals surface area contributed by atoms with Crippen LogP contribution in [0.5, 0.6) is 0 Å². The van der Waals surface area contributed by atoms with Crippen LogP contribution in [-0.4, -0.2) is 10.9 Å². The van der Waals surface area contributed by atoms with Crippen molar-refractivity contribution in [3.8, 4) is 0 Å². The third kappa shape index (κ3) is 1.73. The molecule has 2 unspecified atom stereocenters. The lowest BCUT2D eigenvalue weighted by Gasteiger charge is -2.30. The van der Waals surface area contributed by atoms with Crippen molar-refractivity contribution in [3.05, 3.63) is 35.8 Å². The minimum Gasteiger partial charge on any atom is -0.330 e. The fourth-order valence-electron chi connectivity index (χ4n) is 2.20. The zero-order valence-corrected chi connectivity index (χ0v) is 9.82. The summed E-state index contributed by atoms with van der Waals surface area (Å²) in [5, 5.41) is 2.93. The molecule has 2 rings (SSSR count). The molecule has 1 N–H and O–H groups in total. The second-order valence-corrected chi connectivity index (χ2v) is 4.34. The number of nitrogens with zero attached hydrogens (tertiary/aromatic N) is 1. The van der Waals surface area contributed by atoms with E-state index in [9.17, 15) is 4.79 Å². The highest BCUT2D eigenvalue weighted by atomic mass is 16.1. The molecule has 1 amide bonds. The van der Waals surface area contributed by atoms with Crippen molar-refractivity contribution in [1.29, 1.82) is 0 Å². The van der Waals surface area contributed by atoms with Crippen LogP contribution >= 0.6 is 0 Å². The number of carbonyl (C=O) groups is 1. The quantitative estimate of drug-likeness (QED) is 0.782. The Bertz CT molecular complexity index is 437. The van der Waals surface area contributed by atoms with E-state index in [1.807, 2.05) is 26.0 Å². The molecule has 3 nitrogen and oxygen atoms in total. The number of carbonyl (C=O) groups excluding carboxylic acids is 1. The minimum atomic E-state index is 0.0202. The van der Waals surface area contributed by atoms with E-state index in [2.05, 4.69) is 17.2 Å². The van der Waals surface area contributed by atoms with Gasteiger partial charge in [-0.15, -0.1) is 0 Å². The van der Waals surface area contributed by atoms with Gasteiger partial charge in [-0.05, 0) is 36.1 Å². The van der Waals surface area contributed by atoms with Crippen LogP contribution in [0, 0.1) is 11.8 Å². The molecule has 0 saturated heterocycles. The molecular weight excluding hydrogens is 200 g/mol. The molecule has 2 heterocycles. The zero-order valence-electron chi connectivity index (χ0n) is 9.82. The topological polar surface area (TPSA) is 42.0 Å². The molecular formula is C13H16N2O. The van der Waals surface area contributed by atoms with Crippen LogP contribution in [0.25, 0.3) is 5.57 Å². The number of allylic oxidation sites excluding steroid dienone is 2. The third-order valence-corrected chi connectivity index (χ3v) is 3.32. The van der Waals surface area contributed by atoms with Gasteiger partial charge in [0.2, 0.25) is 5.91 Å². The third-order valence-electron chi connectivity index (χ3n) is 3.32. The second kappa shape index (κ2) is 4.08. The summed E-state index contributed by atoms with van der Waals surface area (Å²) in [6.45, 7) is 6.02. The lowest BCUT2D eigenvalue weighted by molar-refractivity contribution is -0.125. The van der Waals surface area contributed by atoms with Crippen LogP contribution in [0.1, 0.15) is 26.3 Å². The molecule has 0 aromatic carbocycles. The van der Waals surface area contributed by atoms with Crippen LogP contribution in [0.3, 0.4) is 0 Å². The Morgan fingerprint density at radius 3 is 2.44 bits per heavy atom. The molecule has 0 bridgehead atoms. The van der Waals surface area contributed by atoms with Crippen LogP contribution in [0.15, 0.2) is 30.2 Å². The number of rotatable bonds is 1. The van der Waals surface area contributed by atoms with Gasteiger partial charge < -0.3 is 5.32 Å². The van der Waals surface area contributed by atoms with E-state index in [1.165, 1.54) is 5.57 Å². The zero-order chi connectivity index (χ0) is 11.7. The van der Waals surface area contributed by atoms with Crippen molar-refractivity contribution in [3.63, 3.8) is 0 Å². The normalized spacial score (nSPS) is 25.6. The van der Waals surface area contributed by atoms with E-state index < -0.39 is 0 Å². The summed E-state index contributed by atoms with van der Waals surface area (Å²) in [6.07, 6.45) is 3.56. The highest BCUT2D eigenvalue weighted by Gasteiger charge is 2.30. The van der Waals surface area contributed by atoms with Gasteiger partial charge in [-0.2, -0.15) is 0 Å². The first-order valence-corrected chi connectivity index (χ1v) is 5.53. The summed E-state index contributed by atoms with van der Waals surface area (Å²) in [6, 6.07) is 3.97. The summed E-state index contributed by atoms with van der Waals surface area (Å²) in [5.74, 6) is 0.380. The first-order chi connectivity index (χ1) is 7.61. The van der Waals surface area contributed by atoms with Gasteiger partial charge in [-0.3, -0.25) is 9.78 Å². The van der Waals surface area contributed by atoms with E-state index in [1.54, 1.807) is 12.4 Å². The molecule has 0 spiro atoms. The maximum Gasteiger partial charge on any atom is 0.227 e. The number of amides is 1. The molecule has 0 aliphatic carbocycles. The first-order valence-electron chi connectivity index (χ1n) is 5.53. The Labute approximate surface area is 95.6 Å². The summed E-state index contributed by atoms with van der Waals surface area (Å²) in [7, 11) is 0. The second-order valence-electron chi connectivity index (χ2n) is 4.34. The van der Waals surface area contributed by atoms with Gasteiger partial charge in [0.1, 0.15) is 0 Å². The summed E-state index contributed by atoms with van der Waals surface area (Å²) in [5.41, 5.74) is 3.32. The average Bonchev–Trinajstić information content (AvgIpc) is 2.28. The smallest absolute Gasteiger partial charge is 0.227 e. The number of nitrogens with one attached hydrogen (secondary N) is 1. The lowest BCUT2D eigenvalue weighted by atomic mass is 9.81. The van der Waals surface area contributed by atoms with Crippen LogP contribution in [-0.2, 0) is 4.79 Å². The first kappa shape index (κ1) is 10.9. The van der Waals surface area contributed by atoms with Gasteiger partial charge in [0.15, 0.2) is 0 Å². The minimum absolute atomic E-state index is 0.0202. The van der Waals surface area contributed by atoms with Crippen molar-refractivity contribution in [2.75, 3.05) is 0 Å². The number of hydrogen-bond acceptors (Lipinski definition) is 2. The van der Waals surface area contributed by atoms with E-state index in [4.69, 9.17) is 0 Å². The Balaban J connectivity index is 2.47. The SMILES string of the molecule is CC1=C(c2ccncc2)C(C)C(C)C(=O)N1. The fraction of sp³-hybridized carbons (Fsp3) is 0.385. The van der Waals surface area contributed by atoms with Gasteiger partial charge in [0.25, 0.3) is 0 Å². The van der Waals surface area contributed by atoms with Gasteiger partial charge in [0, 0.05) is 24.0 Å². The molecule has 0 fully saturated rings. The molecule has 1 aromatic rings. The molecule has 0 saturated carbocycles. The van der Waals surface area contributed by atoms with Crippen LogP contribution in [0.2, 0.25) is 0 Å². The molecule has 1 aliphatic heterocycles. The van der Waals surface area contributed by atoms with E-state index in [0.717, 1.165) is 11.3 Å². The molecule has 0 radical (unpaired) electrons. The highest BCUT2D eigenvalue weighted by molar-refractivity contribution is 5.89. The van der Waals surface area contributed by atoms with Crippen LogP contribution < -0.4 is 5.32 Å². The van der Waals surface area contributed by atoms with Crippen molar-refractivity contribution in [2.24, 2.45) is 11.8 Å². The fourth-order valence-corrected chi connectivity index (χ4v) is 2.20. The lowest BCUT2D eigenvalue weighted by Crippen LogP contribution is -2.37. The monoisotopic (exact) mass is 216 g/mol. The predicted molar refractivity (Wildman–Crippen MR) is 63.3 cm³/mol. The number of hydrogen-bond donors (Lipinski definition) is 1. The van der Waals surface area contributed by atoms with Crippen molar-refractivity contribution < 1.29 is 4.79 Å². The Kier molecular flexibility index (Phi) is 2.77. The summed E-state index contributed by atoms with van der Waals surface area (Å²) >= 11 is 0. The number of pyridine rings is 1. The van der Waals surface area contributed by atoms with Crippen LogP contribution in [0.4, 0.5) is 0 Å². The van der Waals surface area contributed by atoms with Gasteiger partial charge in [-0.1, -0.05) is 13.8 Å². The van der Waals surface area contributed by atoms with E-state index in [-0.39, 0.29) is 17.7 Å². The maximum atomic E-state index is 11.6. The van der Waals surface area contributed by atoms with Gasteiger partial charge in [0.05, 0.1) is 0 Å². The maximum absolute atomic E-state index is 11.6. The molecule has 3 heteroatoms. The van der Waals surface area contributed by atoms with Crippen molar-refractivity contribution >= 4 is 11.5 Å². The Morgan fingerprint density at radius 1 is 1.19 bits per heavy atom. The summed E-state index contributed by atoms with van der Waals surface area (Å²) in [4.78, 5) is 15.6. The number of aromatic nitrogens is 1. The van der Waals surface area contributed by atoms with E-state index in [0.29, 0.717) is 0 Å². The molecule has 1 aromatic heterocycles. The highest BCUT2D eigenvalue weighted by Crippen LogP contribution is 2.34. The predicted octanol–water partition coefficient (Wildman–Crippen LogP) is 2.21. The standard InChI is InChI=1S/C13H16N2O/c1-8-9(2)13(16)15-10(3)12(8)11-4-6-14-7-5-11/h4-9H,1-3H3,(H,15,16). The summed E-state index contributed by atoms with van der Waals surface area (Å²) < 4.78 is 0. The molecule has 2 atom stereocenters. The van der Waals surface area contributed by atoms with Gasteiger partial charge >= 0.3 is 0 Å². The molecule has 84 valence electrons. The molecule has 1 aliphatic rings. The van der Waals surface area contributed by atoms with Crippen molar-refractivity contribution in [1.82, 2.24) is 10.3 Å². The molecule has 16 heavy (non-hydrogen) atoms. The Hall–Kier alpha value is -1.64. The van der Waals surface area contributed by atoms with Crippen molar-refractivity contribution in [2.45, 2.75) is 20.8 Å². The Morgan fingerprint density at radius 2 is 1.81 bits per heavy atom. The largest absolute Gasteiger partial charge is 0.330 e.